The molecule has 21 heavy (non-hydrogen) atoms. The lowest BCUT2D eigenvalue weighted by Crippen LogP contribution is -2.35. The van der Waals surface area contributed by atoms with E-state index in [1.165, 1.54) is 0 Å². The Morgan fingerprint density at radius 1 is 1.48 bits per heavy atom. The molecule has 1 aliphatic rings. The molecule has 1 aliphatic carbocycles. The van der Waals surface area contributed by atoms with Gasteiger partial charge in [-0.1, -0.05) is 19.9 Å². The second kappa shape index (κ2) is 6.29. The SMILES string of the molecule is CCC(C)NC(=O)COc1ccc(C)c2c1C(=O)CC2C. The monoisotopic (exact) mass is 289 g/mol. The number of Topliss-reactive ketones (excluding diaryl/α,β-unsaturated/α-hetero) is 1. The molecule has 1 aromatic rings. The molecule has 0 spiro atoms. The molecule has 2 atom stereocenters. The first-order valence-corrected chi connectivity index (χ1v) is 7.52. The fraction of sp³-hybridized carbons (Fsp3) is 0.529. The number of ketones is 1. The van der Waals surface area contributed by atoms with Gasteiger partial charge in [-0.2, -0.15) is 0 Å². The van der Waals surface area contributed by atoms with Crippen LogP contribution < -0.4 is 10.1 Å². The highest BCUT2D eigenvalue weighted by Gasteiger charge is 2.31. The highest BCUT2D eigenvalue weighted by Crippen LogP contribution is 2.40. The van der Waals surface area contributed by atoms with Crippen molar-refractivity contribution in [3.05, 3.63) is 28.8 Å². The van der Waals surface area contributed by atoms with Crippen LogP contribution in [0.2, 0.25) is 0 Å². The average Bonchev–Trinajstić information content (AvgIpc) is 2.74. The molecule has 1 amide bonds. The van der Waals surface area contributed by atoms with Crippen LogP contribution in [0.4, 0.5) is 0 Å². The van der Waals surface area contributed by atoms with E-state index in [-0.39, 0.29) is 30.3 Å². The molecule has 0 saturated carbocycles. The van der Waals surface area contributed by atoms with Gasteiger partial charge in [0.05, 0.1) is 5.56 Å². The zero-order valence-electron chi connectivity index (χ0n) is 13.2. The fourth-order valence-electron chi connectivity index (χ4n) is 2.79. The van der Waals surface area contributed by atoms with Gasteiger partial charge in [0.15, 0.2) is 12.4 Å². The van der Waals surface area contributed by atoms with Gasteiger partial charge in [-0.15, -0.1) is 0 Å². The Kier molecular flexibility index (Phi) is 4.66. The van der Waals surface area contributed by atoms with Crippen molar-refractivity contribution in [2.75, 3.05) is 6.61 Å². The number of carbonyl (C=O) groups is 2. The largest absolute Gasteiger partial charge is 0.483 e. The number of hydrogen-bond donors (Lipinski definition) is 1. The molecule has 114 valence electrons. The maximum absolute atomic E-state index is 12.1. The van der Waals surface area contributed by atoms with E-state index in [4.69, 9.17) is 4.74 Å². The Bertz CT molecular complexity index is 565. The van der Waals surface area contributed by atoms with Crippen LogP contribution in [-0.4, -0.2) is 24.3 Å². The Labute approximate surface area is 125 Å². The summed E-state index contributed by atoms with van der Waals surface area (Å²) in [7, 11) is 0. The van der Waals surface area contributed by atoms with Crippen molar-refractivity contribution in [3.8, 4) is 5.75 Å². The number of benzene rings is 1. The lowest BCUT2D eigenvalue weighted by Gasteiger charge is -2.15. The van der Waals surface area contributed by atoms with Gasteiger partial charge in [-0.3, -0.25) is 9.59 Å². The van der Waals surface area contributed by atoms with Crippen molar-refractivity contribution < 1.29 is 14.3 Å². The number of ether oxygens (including phenoxy) is 1. The molecular formula is C17H23NO3. The van der Waals surface area contributed by atoms with Crippen LogP contribution in [-0.2, 0) is 4.79 Å². The smallest absolute Gasteiger partial charge is 0.258 e. The van der Waals surface area contributed by atoms with E-state index in [0.717, 1.165) is 17.5 Å². The molecule has 1 N–H and O–H groups in total. The summed E-state index contributed by atoms with van der Waals surface area (Å²) < 4.78 is 5.60. The lowest BCUT2D eigenvalue weighted by molar-refractivity contribution is -0.123. The van der Waals surface area contributed by atoms with Crippen LogP contribution >= 0.6 is 0 Å². The van der Waals surface area contributed by atoms with E-state index in [0.29, 0.717) is 17.7 Å². The summed E-state index contributed by atoms with van der Waals surface area (Å²) in [5.41, 5.74) is 2.85. The number of fused-ring (bicyclic) bond motifs is 1. The number of amides is 1. The standard InChI is InChI=1S/C17H23NO3/c1-5-12(4)18-15(20)9-21-14-7-6-10(2)16-11(3)8-13(19)17(14)16/h6-7,11-12H,5,8-9H2,1-4H3,(H,18,20). The second-order valence-electron chi connectivity index (χ2n) is 5.86. The van der Waals surface area contributed by atoms with Gasteiger partial charge in [-0.05, 0) is 43.4 Å². The van der Waals surface area contributed by atoms with Crippen LogP contribution in [0, 0.1) is 6.92 Å². The van der Waals surface area contributed by atoms with Crippen molar-refractivity contribution in [3.63, 3.8) is 0 Å². The molecule has 0 saturated heterocycles. The summed E-state index contributed by atoms with van der Waals surface area (Å²) in [6.45, 7) is 7.97. The maximum atomic E-state index is 12.1. The van der Waals surface area contributed by atoms with Crippen LogP contribution in [0.3, 0.4) is 0 Å². The van der Waals surface area contributed by atoms with Crippen LogP contribution in [0.5, 0.6) is 5.75 Å². The van der Waals surface area contributed by atoms with Crippen LogP contribution in [0.15, 0.2) is 12.1 Å². The number of aryl methyl sites for hydroxylation is 1. The van der Waals surface area contributed by atoms with E-state index in [1.54, 1.807) is 6.07 Å². The van der Waals surface area contributed by atoms with Gasteiger partial charge in [0, 0.05) is 12.5 Å². The Hall–Kier alpha value is -1.84. The molecule has 4 nitrogen and oxygen atoms in total. The van der Waals surface area contributed by atoms with E-state index in [2.05, 4.69) is 12.2 Å². The highest BCUT2D eigenvalue weighted by molar-refractivity contribution is 6.04. The molecule has 0 aliphatic heterocycles. The molecule has 1 aromatic carbocycles. The molecule has 0 fully saturated rings. The summed E-state index contributed by atoms with van der Waals surface area (Å²) >= 11 is 0. The van der Waals surface area contributed by atoms with Gasteiger partial charge >= 0.3 is 0 Å². The molecule has 2 unspecified atom stereocenters. The first-order valence-electron chi connectivity index (χ1n) is 7.52. The summed E-state index contributed by atoms with van der Waals surface area (Å²) in [5, 5.41) is 2.85. The van der Waals surface area contributed by atoms with Crippen molar-refractivity contribution in [1.82, 2.24) is 5.32 Å². The first-order chi connectivity index (χ1) is 9.93. The predicted octanol–water partition coefficient (Wildman–Crippen LogP) is 2.98. The summed E-state index contributed by atoms with van der Waals surface area (Å²) in [6, 6.07) is 3.88. The minimum Gasteiger partial charge on any atom is -0.483 e. The number of nitrogens with one attached hydrogen (secondary N) is 1. The summed E-state index contributed by atoms with van der Waals surface area (Å²) in [5.74, 6) is 0.713. The Morgan fingerprint density at radius 2 is 2.19 bits per heavy atom. The molecule has 2 rings (SSSR count). The molecule has 4 heteroatoms. The molecular weight excluding hydrogens is 266 g/mol. The molecule has 0 heterocycles. The summed E-state index contributed by atoms with van der Waals surface area (Å²) in [4.78, 5) is 23.9. The molecule has 0 bridgehead atoms. The topological polar surface area (TPSA) is 55.4 Å². The molecule has 0 aromatic heterocycles. The zero-order valence-corrected chi connectivity index (χ0v) is 13.2. The van der Waals surface area contributed by atoms with Crippen molar-refractivity contribution >= 4 is 11.7 Å². The van der Waals surface area contributed by atoms with Gasteiger partial charge in [0.2, 0.25) is 0 Å². The lowest BCUT2D eigenvalue weighted by atomic mass is 9.97. The quantitative estimate of drug-likeness (QED) is 0.906. The van der Waals surface area contributed by atoms with Crippen molar-refractivity contribution in [2.45, 2.75) is 52.5 Å². The zero-order chi connectivity index (χ0) is 15.6. The predicted molar refractivity (Wildman–Crippen MR) is 81.9 cm³/mol. The van der Waals surface area contributed by atoms with Crippen molar-refractivity contribution in [2.24, 2.45) is 0 Å². The third-order valence-electron chi connectivity index (χ3n) is 4.07. The second-order valence-corrected chi connectivity index (χ2v) is 5.86. The molecule has 0 radical (unpaired) electrons. The number of carbonyl (C=O) groups excluding carboxylic acids is 2. The van der Waals surface area contributed by atoms with E-state index in [1.807, 2.05) is 26.8 Å². The van der Waals surface area contributed by atoms with Crippen molar-refractivity contribution in [1.29, 1.82) is 0 Å². The Morgan fingerprint density at radius 3 is 2.86 bits per heavy atom. The van der Waals surface area contributed by atoms with Gasteiger partial charge in [-0.25, -0.2) is 0 Å². The third-order valence-corrected chi connectivity index (χ3v) is 4.07. The Balaban J connectivity index is 2.12. The van der Waals surface area contributed by atoms with Gasteiger partial charge in [0.1, 0.15) is 5.75 Å². The fourth-order valence-corrected chi connectivity index (χ4v) is 2.79. The average molecular weight is 289 g/mol. The minimum atomic E-state index is -0.155. The van der Waals surface area contributed by atoms with Crippen LogP contribution in [0.25, 0.3) is 0 Å². The highest BCUT2D eigenvalue weighted by atomic mass is 16.5. The van der Waals surface area contributed by atoms with Gasteiger partial charge in [0.25, 0.3) is 5.91 Å². The first kappa shape index (κ1) is 15.5. The summed E-state index contributed by atoms with van der Waals surface area (Å²) in [6.07, 6.45) is 1.40. The van der Waals surface area contributed by atoms with E-state index >= 15 is 0 Å². The maximum Gasteiger partial charge on any atom is 0.258 e. The van der Waals surface area contributed by atoms with Crippen LogP contribution in [0.1, 0.15) is 61.0 Å². The number of rotatable bonds is 5. The number of hydrogen-bond acceptors (Lipinski definition) is 3. The van der Waals surface area contributed by atoms with E-state index < -0.39 is 0 Å². The third kappa shape index (κ3) is 3.26. The normalized spacial score (nSPS) is 18.3. The van der Waals surface area contributed by atoms with Gasteiger partial charge < -0.3 is 10.1 Å². The van der Waals surface area contributed by atoms with E-state index in [9.17, 15) is 9.59 Å². The minimum absolute atomic E-state index is 0.0541.